The Labute approximate surface area is 174 Å². The molecule has 1 aliphatic heterocycles. The van der Waals surface area contributed by atoms with Crippen LogP contribution in [0.15, 0.2) is 24.3 Å². The van der Waals surface area contributed by atoms with E-state index < -0.39 is 9.84 Å². The maximum atomic E-state index is 13.0. The van der Waals surface area contributed by atoms with E-state index in [4.69, 9.17) is 23.2 Å². The summed E-state index contributed by atoms with van der Waals surface area (Å²) >= 11 is 12.6. The van der Waals surface area contributed by atoms with Crippen molar-refractivity contribution in [2.75, 3.05) is 37.7 Å². The van der Waals surface area contributed by atoms with E-state index >= 15 is 0 Å². The first kappa shape index (κ1) is 21.1. The number of aromatic amines is 1. The Kier molecular flexibility index (Phi) is 6.65. The van der Waals surface area contributed by atoms with Gasteiger partial charge in [-0.15, -0.1) is 0 Å². The van der Waals surface area contributed by atoms with Gasteiger partial charge in [0.2, 0.25) is 0 Å². The van der Waals surface area contributed by atoms with Crippen molar-refractivity contribution in [1.82, 2.24) is 20.0 Å². The number of aromatic nitrogens is 2. The zero-order valence-corrected chi connectivity index (χ0v) is 17.8. The number of hydrogen-bond donors (Lipinski definition) is 1. The van der Waals surface area contributed by atoms with Gasteiger partial charge in [0.05, 0.1) is 17.2 Å². The van der Waals surface area contributed by atoms with Crippen LogP contribution in [0.25, 0.3) is 0 Å². The zero-order chi connectivity index (χ0) is 20.3. The smallest absolute Gasteiger partial charge is 0.272 e. The highest BCUT2D eigenvalue weighted by Gasteiger charge is 2.24. The van der Waals surface area contributed by atoms with Crippen molar-refractivity contribution in [1.29, 1.82) is 0 Å². The molecule has 0 unspecified atom stereocenters. The SMILES string of the molecule is Cc1cc(C(=O)N(CCN2CCS(=O)(=O)CC2)Cc2c(Cl)cccc2Cl)[nH]n1. The molecule has 0 atom stereocenters. The van der Waals surface area contributed by atoms with Crippen LogP contribution in [-0.2, 0) is 16.4 Å². The van der Waals surface area contributed by atoms with Crippen LogP contribution < -0.4 is 0 Å². The van der Waals surface area contributed by atoms with Crippen LogP contribution in [0.1, 0.15) is 21.7 Å². The van der Waals surface area contributed by atoms with Gasteiger partial charge >= 0.3 is 0 Å². The minimum absolute atomic E-state index is 0.150. The number of carbonyl (C=O) groups excluding carboxylic acids is 1. The fourth-order valence-corrected chi connectivity index (χ4v) is 4.86. The molecule has 1 N–H and O–H groups in total. The molecule has 0 bridgehead atoms. The lowest BCUT2D eigenvalue weighted by Gasteiger charge is -2.30. The average molecular weight is 445 g/mol. The summed E-state index contributed by atoms with van der Waals surface area (Å²) in [6, 6.07) is 6.92. The third-order valence-electron chi connectivity index (χ3n) is 4.76. The standard InChI is InChI=1S/C18H22Cl2N4O3S/c1-13-11-17(22-21-13)18(25)24(12-14-15(19)3-2-4-16(14)20)6-5-23-7-9-28(26,27)10-8-23/h2-4,11H,5-10,12H2,1H3,(H,21,22). The van der Waals surface area contributed by atoms with Gasteiger partial charge in [-0.2, -0.15) is 5.10 Å². The predicted octanol–water partition coefficient (Wildman–Crippen LogP) is 2.40. The van der Waals surface area contributed by atoms with E-state index in [-0.39, 0.29) is 24.0 Å². The fraction of sp³-hybridized carbons (Fsp3) is 0.444. The van der Waals surface area contributed by atoms with Gasteiger partial charge in [-0.25, -0.2) is 8.42 Å². The Morgan fingerprint density at radius 1 is 1.25 bits per heavy atom. The van der Waals surface area contributed by atoms with Crippen molar-refractivity contribution in [2.24, 2.45) is 0 Å². The van der Waals surface area contributed by atoms with Crippen LogP contribution in [0.2, 0.25) is 10.0 Å². The van der Waals surface area contributed by atoms with Crippen LogP contribution >= 0.6 is 23.2 Å². The lowest BCUT2D eigenvalue weighted by Crippen LogP contribution is -2.45. The van der Waals surface area contributed by atoms with Crippen molar-refractivity contribution < 1.29 is 13.2 Å². The number of benzene rings is 1. The van der Waals surface area contributed by atoms with E-state index in [2.05, 4.69) is 10.2 Å². The number of rotatable bonds is 6. The molecule has 1 saturated heterocycles. The molecule has 0 saturated carbocycles. The molecule has 2 aromatic rings. The van der Waals surface area contributed by atoms with Gasteiger partial charge in [0.1, 0.15) is 5.69 Å². The number of carbonyl (C=O) groups is 1. The zero-order valence-electron chi connectivity index (χ0n) is 15.5. The third kappa shape index (κ3) is 5.26. The molecular formula is C18H22Cl2N4O3S. The van der Waals surface area contributed by atoms with E-state index in [9.17, 15) is 13.2 Å². The van der Waals surface area contributed by atoms with E-state index in [0.717, 1.165) is 5.69 Å². The summed E-state index contributed by atoms with van der Waals surface area (Å²) in [6.07, 6.45) is 0. The largest absolute Gasteiger partial charge is 0.332 e. The Balaban J connectivity index is 1.75. The normalized spacial score (nSPS) is 16.8. The number of nitrogens with zero attached hydrogens (tertiary/aromatic N) is 3. The highest BCUT2D eigenvalue weighted by molar-refractivity contribution is 7.91. The summed E-state index contributed by atoms with van der Waals surface area (Å²) in [5.74, 6) is 0.0925. The Bertz CT molecular complexity index is 927. The molecule has 1 amide bonds. The molecule has 0 spiro atoms. The molecule has 1 aliphatic rings. The predicted molar refractivity (Wildman–Crippen MR) is 110 cm³/mol. The molecule has 7 nitrogen and oxygen atoms in total. The Morgan fingerprint density at radius 2 is 1.89 bits per heavy atom. The summed E-state index contributed by atoms with van der Waals surface area (Å²) in [6.45, 7) is 3.98. The van der Waals surface area contributed by atoms with E-state index in [1.54, 1.807) is 36.1 Å². The van der Waals surface area contributed by atoms with Crippen LogP contribution in [0.3, 0.4) is 0 Å². The molecule has 1 aromatic carbocycles. The number of amides is 1. The first-order valence-corrected chi connectivity index (χ1v) is 11.5. The van der Waals surface area contributed by atoms with Gasteiger partial charge < -0.3 is 4.90 Å². The van der Waals surface area contributed by atoms with E-state index in [1.807, 2.05) is 4.90 Å². The summed E-state index contributed by atoms with van der Waals surface area (Å²) in [5.41, 5.74) is 1.79. The van der Waals surface area contributed by atoms with E-state index in [1.165, 1.54) is 0 Å². The minimum atomic E-state index is -2.94. The lowest BCUT2D eigenvalue weighted by molar-refractivity contribution is 0.0717. The van der Waals surface area contributed by atoms with E-state index in [0.29, 0.717) is 47.5 Å². The maximum absolute atomic E-state index is 13.0. The number of halogens is 2. The van der Waals surface area contributed by atoms with Gasteiger partial charge in [-0.05, 0) is 25.1 Å². The molecule has 3 rings (SSSR count). The summed E-state index contributed by atoms with van der Waals surface area (Å²) in [4.78, 5) is 16.7. The summed E-state index contributed by atoms with van der Waals surface area (Å²) in [5, 5.41) is 7.77. The van der Waals surface area contributed by atoms with Gasteiger partial charge in [0.25, 0.3) is 5.91 Å². The molecule has 0 aliphatic carbocycles. The van der Waals surface area contributed by atoms with Gasteiger partial charge in [-0.3, -0.25) is 14.8 Å². The number of hydrogen-bond acceptors (Lipinski definition) is 5. The third-order valence-corrected chi connectivity index (χ3v) is 7.07. The first-order chi connectivity index (χ1) is 13.2. The average Bonchev–Trinajstić information content (AvgIpc) is 3.08. The van der Waals surface area contributed by atoms with Crippen LogP contribution in [0.4, 0.5) is 0 Å². The molecule has 28 heavy (non-hydrogen) atoms. The van der Waals surface area contributed by atoms with Crippen molar-refractivity contribution in [3.8, 4) is 0 Å². The van der Waals surface area contributed by atoms with Gasteiger partial charge in [0.15, 0.2) is 9.84 Å². The molecule has 0 radical (unpaired) electrons. The highest BCUT2D eigenvalue weighted by Crippen LogP contribution is 2.26. The molecule has 1 aromatic heterocycles. The number of aryl methyl sites for hydroxylation is 1. The Morgan fingerprint density at radius 3 is 2.46 bits per heavy atom. The number of H-pyrrole nitrogens is 1. The van der Waals surface area contributed by atoms with Gasteiger partial charge in [0, 0.05) is 48.3 Å². The molecule has 152 valence electrons. The van der Waals surface area contributed by atoms with Crippen molar-refractivity contribution in [2.45, 2.75) is 13.5 Å². The topological polar surface area (TPSA) is 86.4 Å². The second-order valence-corrected chi connectivity index (χ2v) is 9.96. The van der Waals surface area contributed by atoms with Gasteiger partial charge in [-0.1, -0.05) is 29.3 Å². The Hall–Kier alpha value is -1.61. The fourth-order valence-electron chi connectivity index (χ4n) is 3.06. The highest BCUT2D eigenvalue weighted by atomic mass is 35.5. The monoisotopic (exact) mass is 444 g/mol. The lowest BCUT2D eigenvalue weighted by atomic mass is 10.2. The van der Waals surface area contributed by atoms with Crippen LogP contribution in [0.5, 0.6) is 0 Å². The molecule has 2 heterocycles. The molecule has 10 heteroatoms. The number of nitrogens with one attached hydrogen (secondary N) is 1. The quantitative estimate of drug-likeness (QED) is 0.738. The van der Waals surface area contributed by atoms with Crippen LogP contribution in [0, 0.1) is 6.92 Å². The second kappa shape index (κ2) is 8.82. The molecular weight excluding hydrogens is 423 g/mol. The summed E-state index contributed by atoms with van der Waals surface area (Å²) in [7, 11) is -2.94. The minimum Gasteiger partial charge on any atom is -0.332 e. The van der Waals surface area contributed by atoms with Crippen LogP contribution in [-0.4, -0.2) is 72.0 Å². The number of sulfone groups is 1. The summed E-state index contributed by atoms with van der Waals surface area (Å²) < 4.78 is 23.2. The first-order valence-electron chi connectivity index (χ1n) is 8.92. The van der Waals surface area contributed by atoms with Crippen molar-refractivity contribution >= 4 is 38.9 Å². The van der Waals surface area contributed by atoms with Crippen molar-refractivity contribution in [3.05, 3.63) is 51.3 Å². The maximum Gasteiger partial charge on any atom is 0.272 e. The second-order valence-electron chi connectivity index (χ2n) is 6.84. The molecule has 1 fully saturated rings. The van der Waals surface area contributed by atoms with Crippen molar-refractivity contribution in [3.63, 3.8) is 0 Å².